The Morgan fingerprint density at radius 3 is 2.62 bits per heavy atom. The van der Waals surface area contributed by atoms with Crippen molar-refractivity contribution >= 4 is 17.5 Å². The molecule has 0 saturated carbocycles. The van der Waals surface area contributed by atoms with E-state index in [0.717, 1.165) is 12.0 Å². The van der Waals surface area contributed by atoms with E-state index in [-0.39, 0.29) is 5.91 Å². The fourth-order valence-corrected chi connectivity index (χ4v) is 2.08. The number of carbonyl (C=O) groups excluding carboxylic acids is 1. The molecule has 0 aliphatic heterocycles. The van der Waals surface area contributed by atoms with Crippen molar-refractivity contribution in [2.75, 3.05) is 6.54 Å². The van der Waals surface area contributed by atoms with Crippen LogP contribution in [-0.4, -0.2) is 12.5 Å². The largest absolute Gasteiger partial charge is 0.488 e. The summed E-state index contributed by atoms with van der Waals surface area (Å²) in [6.07, 6.45) is 0.897. The van der Waals surface area contributed by atoms with E-state index < -0.39 is 0 Å². The second-order valence-corrected chi connectivity index (χ2v) is 5.04. The van der Waals surface area contributed by atoms with E-state index in [9.17, 15) is 4.79 Å². The van der Waals surface area contributed by atoms with Crippen molar-refractivity contribution < 1.29 is 9.53 Å². The van der Waals surface area contributed by atoms with Crippen LogP contribution in [0, 0.1) is 0 Å². The average molecular weight is 304 g/mol. The highest BCUT2D eigenvalue weighted by Gasteiger charge is 2.11. The van der Waals surface area contributed by atoms with Crippen LogP contribution in [0.3, 0.4) is 0 Å². The maximum absolute atomic E-state index is 12.1. The van der Waals surface area contributed by atoms with E-state index in [0.29, 0.717) is 29.5 Å². The minimum absolute atomic E-state index is 0.119. The molecule has 0 saturated heterocycles. The zero-order chi connectivity index (χ0) is 15.1. The Morgan fingerprint density at radius 2 is 1.86 bits per heavy atom. The van der Waals surface area contributed by atoms with Gasteiger partial charge in [-0.25, -0.2) is 0 Å². The first-order valence-electron chi connectivity index (χ1n) is 6.95. The Labute approximate surface area is 129 Å². The normalized spacial score (nSPS) is 10.2. The minimum Gasteiger partial charge on any atom is -0.488 e. The van der Waals surface area contributed by atoms with Crippen molar-refractivity contribution in [3.63, 3.8) is 0 Å². The van der Waals surface area contributed by atoms with E-state index in [2.05, 4.69) is 5.32 Å². The Kier molecular flexibility index (Phi) is 5.64. The van der Waals surface area contributed by atoms with Crippen LogP contribution in [0.2, 0.25) is 5.02 Å². The first kappa shape index (κ1) is 15.4. The summed E-state index contributed by atoms with van der Waals surface area (Å²) in [5.74, 6) is 0.442. The molecule has 0 fully saturated rings. The zero-order valence-corrected chi connectivity index (χ0v) is 12.7. The predicted octanol–water partition coefficient (Wildman–Crippen LogP) is 4.06. The number of benzene rings is 2. The lowest BCUT2D eigenvalue weighted by Gasteiger charge is -2.12. The molecule has 0 spiro atoms. The van der Waals surface area contributed by atoms with Gasteiger partial charge in [-0.2, -0.15) is 0 Å². The molecule has 1 N–H and O–H groups in total. The molecule has 1 amide bonds. The molecule has 0 aliphatic carbocycles. The molecule has 4 heteroatoms. The van der Waals surface area contributed by atoms with Gasteiger partial charge in [0.1, 0.15) is 12.4 Å². The number of para-hydroxylation sites is 1. The van der Waals surface area contributed by atoms with Crippen LogP contribution in [0.15, 0.2) is 48.5 Å². The molecule has 2 rings (SSSR count). The first-order chi connectivity index (χ1) is 10.2. The van der Waals surface area contributed by atoms with Gasteiger partial charge in [0.05, 0.1) is 5.56 Å². The van der Waals surface area contributed by atoms with Gasteiger partial charge < -0.3 is 10.1 Å². The molecule has 0 aromatic heterocycles. The molecule has 0 bridgehead atoms. The van der Waals surface area contributed by atoms with Crippen molar-refractivity contribution in [3.8, 4) is 5.75 Å². The highest BCUT2D eigenvalue weighted by Crippen LogP contribution is 2.21. The molecule has 2 aromatic carbocycles. The van der Waals surface area contributed by atoms with Gasteiger partial charge in [-0.05, 0) is 24.6 Å². The summed E-state index contributed by atoms with van der Waals surface area (Å²) in [7, 11) is 0. The van der Waals surface area contributed by atoms with Crippen molar-refractivity contribution in [3.05, 3.63) is 64.7 Å². The van der Waals surface area contributed by atoms with Gasteiger partial charge in [0.2, 0.25) is 0 Å². The lowest BCUT2D eigenvalue weighted by Crippen LogP contribution is -2.24. The number of nitrogens with one attached hydrogen (secondary N) is 1. The first-order valence-corrected chi connectivity index (χ1v) is 7.33. The molecule has 0 aliphatic rings. The Morgan fingerprint density at radius 1 is 1.14 bits per heavy atom. The highest BCUT2D eigenvalue weighted by molar-refractivity contribution is 6.31. The van der Waals surface area contributed by atoms with E-state index in [4.69, 9.17) is 16.3 Å². The van der Waals surface area contributed by atoms with Crippen LogP contribution in [0.1, 0.15) is 29.3 Å². The lowest BCUT2D eigenvalue weighted by molar-refractivity contribution is 0.0949. The third-order valence-electron chi connectivity index (χ3n) is 3.01. The van der Waals surface area contributed by atoms with Crippen molar-refractivity contribution in [1.29, 1.82) is 0 Å². The number of rotatable bonds is 6. The molecule has 0 atom stereocenters. The van der Waals surface area contributed by atoms with Crippen LogP contribution in [0.4, 0.5) is 0 Å². The van der Waals surface area contributed by atoms with E-state index in [1.54, 1.807) is 12.1 Å². The van der Waals surface area contributed by atoms with Crippen molar-refractivity contribution in [1.82, 2.24) is 5.32 Å². The Balaban J connectivity index is 2.10. The minimum atomic E-state index is -0.119. The van der Waals surface area contributed by atoms with Crippen LogP contribution >= 0.6 is 11.6 Å². The quantitative estimate of drug-likeness (QED) is 0.874. The maximum Gasteiger partial charge on any atom is 0.255 e. The molecule has 21 heavy (non-hydrogen) atoms. The van der Waals surface area contributed by atoms with Gasteiger partial charge in [-0.1, -0.05) is 48.9 Å². The van der Waals surface area contributed by atoms with Gasteiger partial charge in [0.25, 0.3) is 5.91 Å². The maximum atomic E-state index is 12.1. The molecule has 2 aromatic rings. The zero-order valence-electron chi connectivity index (χ0n) is 11.9. The van der Waals surface area contributed by atoms with Crippen molar-refractivity contribution in [2.24, 2.45) is 0 Å². The summed E-state index contributed by atoms with van der Waals surface area (Å²) in [6.45, 7) is 3.00. The number of halogens is 1. The molecular formula is C17H18ClNO2. The van der Waals surface area contributed by atoms with Crippen LogP contribution < -0.4 is 10.1 Å². The smallest absolute Gasteiger partial charge is 0.255 e. The number of carbonyl (C=O) groups is 1. The molecule has 0 unspecified atom stereocenters. The number of hydrogen-bond donors (Lipinski definition) is 1. The fourth-order valence-electron chi connectivity index (χ4n) is 1.88. The number of amides is 1. The van der Waals surface area contributed by atoms with Crippen molar-refractivity contribution in [2.45, 2.75) is 20.0 Å². The third-order valence-corrected chi connectivity index (χ3v) is 3.38. The molecule has 3 nitrogen and oxygen atoms in total. The summed E-state index contributed by atoms with van der Waals surface area (Å²) >= 11 is 6.10. The molecule has 0 heterocycles. The molecule has 110 valence electrons. The standard InChI is InChI=1S/C17H18ClNO2/c1-2-11-19-17(20)14-8-4-6-10-16(14)21-12-13-7-3-5-9-15(13)18/h3-10H,2,11-12H2,1H3,(H,19,20). The lowest BCUT2D eigenvalue weighted by atomic mass is 10.2. The number of ether oxygens (including phenoxy) is 1. The molecule has 0 radical (unpaired) electrons. The van der Waals surface area contributed by atoms with Crippen LogP contribution in [0.25, 0.3) is 0 Å². The van der Waals surface area contributed by atoms with E-state index in [1.807, 2.05) is 43.3 Å². The monoisotopic (exact) mass is 303 g/mol. The van der Waals surface area contributed by atoms with Gasteiger partial charge in [-0.15, -0.1) is 0 Å². The Bertz CT molecular complexity index is 613. The third kappa shape index (κ3) is 4.23. The Hall–Kier alpha value is -2.00. The van der Waals surface area contributed by atoms with E-state index in [1.165, 1.54) is 0 Å². The summed E-state index contributed by atoms with van der Waals surface area (Å²) in [6, 6.07) is 14.7. The van der Waals surface area contributed by atoms with Crippen LogP contribution in [0.5, 0.6) is 5.75 Å². The second-order valence-electron chi connectivity index (χ2n) is 4.63. The average Bonchev–Trinajstić information content (AvgIpc) is 2.52. The van der Waals surface area contributed by atoms with E-state index >= 15 is 0 Å². The summed E-state index contributed by atoms with van der Waals surface area (Å²) in [5, 5.41) is 3.51. The summed E-state index contributed by atoms with van der Waals surface area (Å²) in [5.41, 5.74) is 1.43. The topological polar surface area (TPSA) is 38.3 Å². The fraction of sp³-hybridized carbons (Fsp3) is 0.235. The molecular weight excluding hydrogens is 286 g/mol. The summed E-state index contributed by atoms with van der Waals surface area (Å²) in [4.78, 5) is 12.1. The van der Waals surface area contributed by atoms with Gasteiger partial charge in [0.15, 0.2) is 0 Å². The number of hydrogen-bond acceptors (Lipinski definition) is 2. The summed E-state index contributed by atoms with van der Waals surface area (Å²) < 4.78 is 5.76. The highest BCUT2D eigenvalue weighted by atomic mass is 35.5. The van der Waals surface area contributed by atoms with Gasteiger partial charge in [-0.3, -0.25) is 4.79 Å². The second kappa shape index (κ2) is 7.70. The predicted molar refractivity (Wildman–Crippen MR) is 84.9 cm³/mol. The van der Waals surface area contributed by atoms with Crippen LogP contribution in [-0.2, 0) is 6.61 Å². The van der Waals surface area contributed by atoms with Gasteiger partial charge in [0, 0.05) is 17.1 Å². The van der Waals surface area contributed by atoms with Gasteiger partial charge >= 0.3 is 0 Å². The SMILES string of the molecule is CCCNC(=O)c1ccccc1OCc1ccccc1Cl.